The molecule has 1 N–H and O–H groups in total. The molecule has 108 valence electrons. The fourth-order valence-corrected chi connectivity index (χ4v) is 3.51. The quantitative estimate of drug-likeness (QED) is 0.819. The SMILES string of the molecule is CCC(NC(C)c1nc(C)sc1C)c1ccc(Cl)cc1. The fraction of sp³-hybridized carbons (Fsp3) is 0.438. The highest BCUT2D eigenvalue weighted by Gasteiger charge is 2.17. The molecule has 1 aromatic carbocycles. The molecule has 0 aliphatic heterocycles. The second kappa shape index (κ2) is 6.70. The number of aromatic nitrogens is 1. The molecule has 2 unspecified atom stereocenters. The number of halogens is 1. The van der Waals surface area contributed by atoms with Crippen molar-refractivity contribution >= 4 is 22.9 Å². The van der Waals surface area contributed by atoms with Crippen LogP contribution in [0.1, 0.15) is 53.5 Å². The Hall–Kier alpha value is -0.900. The summed E-state index contributed by atoms with van der Waals surface area (Å²) in [5.74, 6) is 0. The van der Waals surface area contributed by atoms with Gasteiger partial charge in [0, 0.05) is 22.0 Å². The molecule has 0 amide bonds. The van der Waals surface area contributed by atoms with Gasteiger partial charge in [-0.2, -0.15) is 0 Å². The van der Waals surface area contributed by atoms with E-state index >= 15 is 0 Å². The minimum absolute atomic E-state index is 0.251. The summed E-state index contributed by atoms with van der Waals surface area (Å²) < 4.78 is 0. The number of nitrogens with one attached hydrogen (secondary N) is 1. The van der Waals surface area contributed by atoms with E-state index in [2.05, 4.69) is 50.1 Å². The fourth-order valence-electron chi connectivity index (χ4n) is 2.47. The van der Waals surface area contributed by atoms with Crippen molar-refractivity contribution in [2.75, 3.05) is 0 Å². The van der Waals surface area contributed by atoms with Crippen LogP contribution in [-0.4, -0.2) is 4.98 Å². The number of benzene rings is 1. The van der Waals surface area contributed by atoms with Crippen molar-refractivity contribution in [3.05, 3.63) is 50.4 Å². The summed E-state index contributed by atoms with van der Waals surface area (Å²) in [4.78, 5) is 5.94. The molecule has 2 nitrogen and oxygen atoms in total. The van der Waals surface area contributed by atoms with Gasteiger partial charge in [-0.05, 0) is 44.9 Å². The molecule has 0 radical (unpaired) electrons. The molecule has 0 aliphatic carbocycles. The summed E-state index contributed by atoms with van der Waals surface area (Å²) >= 11 is 7.72. The van der Waals surface area contributed by atoms with Crippen LogP contribution >= 0.6 is 22.9 Å². The van der Waals surface area contributed by atoms with Crippen LogP contribution in [0.4, 0.5) is 0 Å². The minimum Gasteiger partial charge on any atom is -0.302 e. The minimum atomic E-state index is 0.251. The first-order valence-electron chi connectivity index (χ1n) is 6.96. The Labute approximate surface area is 130 Å². The van der Waals surface area contributed by atoms with Gasteiger partial charge in [0.2, 0.25) is 0 Å². The third-order valence-electron chi connectivity index (χ3n) is 3.48. The first kappa shape index (κ1) is 15.5. The van der Waals surface area contributed by atoms with E-state index in [1.807, 2.05) is 12.1 Å². The molecule has 2 rings (SSSR count). The van der Waals surface area contributed by atoms with E-state index < -0.39 is 0 Å². The van der Waals surface area contributed by atoms with Crippen molar-refractivity contribution in [2.45, 2.75) is 46.2 Å². The van der Waals surface area contributed by atoms with Gasteiger partial charge >= 0.3 is 0 Å². The van der Waals surface area contributed by atoms with Crippen molar-refractivity contribution < 1.29 is 0 Å². The molecule has 0 saturated carbocycles. The van der Waals surface area contributed by atoms with Crippen molar-refractivity contribution in [3.63, 3.8) is 0 Å². The van der Waals surface area contributed by atoms with Gasteiger partial charge in [0.15, 0.2) is 0 Å². The van der Waals surface area contributed by atoms with Crippen LogP contribution in [-0.2, 0) is 0 Å². The molecule has 0 spiro atoms. The van der Waals surface area contributed by atoms with Crippen LogP contribution in [0.2, 0.25) is 5.02 Å². The summed E-state index contributed by atoms with van der Waals surface area (Å²) in [5, 5.41) is 5.58. The van der Waals surface area contributed by atoms with Crippen molar-refractivity contribution in [1.29, 1.82) is 0 Å². The van der Waals surface area contributed by atoms with Crippen LogP contribution in [0.25, 0.3) is 0 Å². The summed E-state index contributed by atoms with van der Waals surface area (Å²) in [6, 6.07) is 8.66. The van der Waals surface area contributed by atoms with Crippen LogP contribution in [0, 0.1) is 13.8 Å². The van der Waals surface area contributed by atoms with Crippen LogP contribution in [0.5, 0.6) is 0 Å². The van der Waals surface area contributed by atoms with Crippen LogP contribution in [0.3, 0.4) is 0 Å². The van der Waals surface area contributed by atoms with E-state index in [4.69, 9.17) is 11.6 Å². The molecule has 20 heavy (non-hydrogen) atoms. The Morgan fingerprint density at radius 1 is 1.25 bits per heavy atom. The maximum atomic E-state index is 5.96. The zero-order chi connectivity index (χ0) is 14.7. The van der Waals surface area contributed by atoms with E-state index in [1.165, 1.54) is 16.1 Å². The third kappa shape index (κ3) is 3.60. The average Bonchev–Trinajstić information content (AvgIpc) is 2.76. The molecule has 0 saturated heterocycles. The molecule has 4 heteroatoms. The number of nitrogens with zero attached hydrogens (tertiary/aromatic N) is 1. The van der Waals surface area contributed by atoms with Gasteiger partial charge in [0.25, 0.3) is 0 Å². The Bertz CT molecular complexity index is 562. The number of aryl methyl sites for hydroxylation is 2. The monoisotopic (exact) mass is 308 g/mol. The molecule has 0 bridgehead atoms. The summed E-state index contributed by atoms with van der Waals surface area (Å²) in [6.45, 7) is 8.57. The Morgan fingerprint density at radius 2 is 1.90 bits per heavy atom. The Morgan fingerprint density at radius 3 is 2.40 bits per heavy atom. The summed E-state index contributed by atoms with van der Waals surface area (Å²) in [6.07, 6.45) is 1.04. The molecule has 0 fully saturated rings. The van der Waals surface area contributed by atoms with E-state index in [1.54, 1.807) is 11.3 Å². The molecule has 0 aliphatic rings. The molecule has 2 atom stereocenters. The number of hydrogen-bond acceptors (Lipinski definition) is 3. The summed E-state index contributed by atoms with van der Waals surface area (Å²) in [5.41, 5.74) is 2.44. The van der Waals surface area contributed by atoms with Crippen LogP contribution in [0.15, 0.2) is 24.3 Å². The van der Waals surface area contributed by atoms with Gasteiger partial charge in [0.05, 0.1) is 10.7 Å². The van der Waals surface area contributed by atoms with Gasteiger partial charge < -0.3 is 5.32 Å². The van der Waals surface area contributed by atoms with Crippen molar-refractivity contribution in [1.82, 2.24) is 10.3 Å². The standard InChI is InChI=1S/C16H21ClN2S/c1-5-15(13-6-8-14(17)9-7-13)18-10(2)16-11(3)20-12(4)19-16/h6-10,15,18H,5H2,1-4H3. The third-order valence-corrected chi connectivity index (χ3v) is 4.64. The predicted molar refractivity (Wildman–Crippen MR) is 87.6 cm³/mol. The Kier molecular flexibility index (Phi) is 5.19. The van der Waals surface area contributed by atoms with Crippen LogP contribution < -0.4 is 5.32 Å². The lowest BCUT2D eigenvalue weighted by Gasteiger charge is -2.22. The Balaban J connectivity index is 2.13. The van der Waals surface area contributed by atoms with Crippen molar-refractivity contribution in [3.8, 4) is 0 Å². The first-order valence-corrected chi connectivity index (χ1v) is 8.16. The lowest BCUT2D eigenvalue weighted by atomic mass is 10.0. The van der Waals surface area contributed by atoms with Gasteiger partial charge in [-0.15, -0.1) is 11.3 Å². The lowest BCUT2D eigenvalue weighted by molar-refractivity contribution is 0.450. The van der Waals surface area contributed by atoms with Gasteiger partial charge in [0.1, 0.15) is 0 Å². The highest BCUT2D eigenvalue weighted by atomic mass is 35.5. The molecular weight excluding hydrogens is 288 g/mol. The highest BCUT2D eigenvalue weighted by Crippen LogP contribution is 2.26. The molecule has 1 heterocycles. The lowest BCUT2D eigenvalue weighted by Crippen LogP contribution is -2.25. The van der Waals surface area contributed by atoms with Gasteiger partial charge in [-0.25, -0.2) is 4.98 Å². The first-order chi connectivity index (χ1) is 9.51. The van der Waals surface area contributed by atoms with E-state index in [-0.39, 0.29) is 6.04 Å². The van der Waals surface area contributed by atoms with Gasteiger partial charge in [-0.1, -0.05) is 30.7 Å². The molecule has 2 aromatic rings. The van der Waals surface area contributed by atoms with Gasteiger partial charge in [-0.3, -0.25) is 0 Å². The molecular formula is C16H21ClN2S. The maximum absolute atomic E-state index is 5.96. The topological polar surface area (TPSA) is 24.9 Å². The number of rotatable bonds is 5. The zero-order valence-electron chi connectivity index (χ0n) is 12.4. The van der Waals surface area contributed by atoms with Crippen molar-refractivity contribution in [2.24, 2.45) is 0 Å². The second-order valence-electron chi connectivity index (χ2n) is 5.08. The normalized spacial score (nSPS) is 14.2. The second-order valence-corrected chi connectivity index (χ2v) is 6.92. The number of hydrogen-bond donors (Lipinski definition) is 1. The van der Waals surface area contributed by atoms with E-state index in [0.29, 0.717) is 6.04 Å². The smallest absolute Gasteiger partial charge is 0.0900 e. The number of thiazole rings is 1. The summed E-state index contributed by atoms with van der Waals surface area (Å²) in [7, 11) is 0. The van der Waals surface area contributed by atoms with E-state index in [0.717, 1.165) is 16.5 Å². The highest BCUT2D eigenvalue weighted by molar-refractivity contribution is 7.11. The van der Waals surface area contributed by atoms with E-state index in [9.17, 15) is 0 Å². The average molecular weight is 309 g/mol. The molecule has 1 aromatic heterocycles. The maximum Gasteiger partial charge on any atom is 0.0900 e. The zero-order valence-corrected chi connectivity index (χ0v) is 14.0. The predicted octanol–water partition coefficient (Wildman–Crippen LogP) is 5.22. The largest absolute Gasteiger partial charge is 0.302 e.